The summed E-state index contributed by atoms with van der Waals surface area (Å²) in [6.07, 6.45) is 0. The Bertz CT molecular complexity index is 2740. The topological polar surface area (TPSA) is 4.93 Å². The van der Waals surface area contributed by atoms with Crippen LogP contribution in [0.25, 0.3) is 92.2 Å². The number of nitrogens with zero attached hydrogens (tertiary/aromatic N) is 1. The van der Waals surface area contributed by atoms with Gasteiger partial charge in [0.1, 0.15) is 0 Å². The highest BCUT2D eigenvalue weighted by Crippen LogP contribution is 2.39. The molecule has 2 aromatic heterocycles. The van der Waals surface area contributed by atoms with E-state index in [1.54, 1.807) is 0 Å². The molecule has 0 aliphatic heterocycles. The van der Waals surface area contributed by atoms with Crippen molar-refractivity contribution in [2.75, 3.05) is 0 Å². The van der Waals surface area contributed by atoms with Gasteiger partial charge >= 0.3 is 0 Å². The molecule has 0 radical (unpaired) electrons. The van der Waals surface area contributed by atoms with Crippen LogP contribution in [0.3, 0.4) is 0 Å². The highest BCUT2D eigenvalue weighted by molar-refractivity contribution is 7.25. The third kappa shape index (κ3) is 4.84. The largest absolute Gasteiger partial charge is 0.309 e. The number of rotatable bonds is 5. The van der Waals surface area contributed by atoms with Gasteiger partial charge in [-0.25, -0.2) is 0 Å². The van der Waals surface area contributed by atoms with Crippen molar-refractivity contribution in [3.8, 4) is 50.2 Å². The molecule has 0 N–H and O–H groups in total. The molecule has 0 fully saturated rings. The fourth-order valence-corrected chi connectivity index (χ4v) is 8.65. The first-order chi connectivity index (χ1) is 24.8. The minimum atomic E-state index is 1.15. The smallest absolute Gasteiger partial charge is 0.0547 e. The predicted octanol–water partition coefficient (Wildman–Crippen LogP) is 13.8. The quantitative estimate of drug-likeness (QED) is 0.174. The van der Waals surface area contributed by atoms with Gasteiger partial charge in [0, 0.05) is 36.6 Å². The molecule has 0 unspecified atom stereocenters. The summed E-state index contributed by atoms with van der Waals surface area (Å²) in [6.45, 7) is 0. The lowest BCUT2D eigenvalue weighted by molar-refractivity contribution is 1.18. The number of fused-ring (bicyclic) bond motifs is 6. The van der Waals surface area contributed by atoms with Crippen molar-refractivity contribution in [3.05, 3.63) is 188 Å². The number of hydrogen-bond donors (Lipinski definition) is 0. The van der Waals surface area contributed by atoms with Crippen LogP contribution < -0.4 is 0 Å². The minimum Gasteiger partial charge on any atom is -0.309 e. The van der Waals surface area contributed by atoms with Crippen molar-refractivity contribution in [3.63, 3.8) is 0 Å². The van der Waals surface area contributed by atoms with Crippen LogP contribution in [0, 0.1) is 0 Å². The Morgan fingerprint density at radius 1 is 0.280 bits per heavy atom. The van der Waals surface area contributed by atoms with Gasteiger partial charge in [0.15, 0.2) is 0 Å². The fraction of sp³-hybridized carbons (Fsp3) is 0. The summed E-state index contributed by atoms with van der Waals surface area (Å²) >= 11 is 1.87. The van der Waals surface area contributed by atoms with E-state index in [0.717, 1.165) is 5.69 Å². The molecule has 10 rings (SSSR count). The van der Waals surface area contributed by atoms with E-state index in [1.165, 1.54) is 86.5 Å². The molecule has 0 amide bonds. The molecule has 0 atom stereocenters. The summed E-state index contributed by atoms with van der Waals surface area (Å²) in [5, 5.41) is 5.18. The minimum absolute atomic E-state index is 1.15. The predicted molar refractivity (Wildman–Crippen MR) is 215 cm³/mol. The summed E-state index contributed by atoms with van der Waals surface area (Å²) in [5.41, 5.74) is 13.3. The van der Waals surface area contributed by atoms with Gasteiger partial charge in [-0.2, -0.15) is 0 Å². The van der Waals surface area contributed by atoms with Crippen LogP contribution >= 0.6 is 11.3 Å². The summed E-state index contributed by atoms with van der Waals surface area (Å²) in [4.78, 5) is 0. The molecule has 2 heteroatoms. The van der Waals surface area contributed by atoms with Crippen molar-refractivity contribution >= 4 is 53.3 Å². The van der Waals surface area contributed by atoms with E-state index in [9.17, 15) is 0 Å². The molecule has 10 aromatic rings. The van der Waals surface area contributed by atoms with E-state index in [1.807, 2.05) is 11.3 Å². The maximum Gasteiger partial charge on any atom is 0.0547 e. The Labute approximate surface area is 295 Å². The normalized spacial score (nSPS) is 11.6. The number of thiophene rings is 1. The van der Waals surface area contributed by atoms with Crippen LogP contribution in [0.2, 0.25) is 0 Å². The Kier molecular flexibility index (Phi) is 6.75. The maximum absolute atomic E-state index is 2.45. The first-order valence-corrected chi connectivity index (χ1v) is 17.9. The van der Waals surface area contributed by atoms with Gasteiger partial charge in [-0.05, 0) is 80.9 Å². The average molecular weight is 654 g/mol. The van der Waals surface area contributed by atoms with Crippen LogP contribution in [0.4, 0.5) is 0 Å². The summed E-state index contributed by atoms with van der Waals surface area (Å²) < 4.78 is 5.12. The van der Waals surface area contributed by atoms with Crippen molar-refractivity contribution in [2.24, 2.45) is 0 Å². The molecule has 2 heterocycles. The van der Waals surface area contributed by atoms with Crippen LogP contribution in [-0.2, 0) is 0 Å². The summed E-state index contributed by atoms with van der Waals surface area (Å²) in [7, 11) is 0. The van der Waals surface area contributed by atoms with E-state index < -0.39 is 0 Å². The molecule has 8 aromatic carbocycles. The third-order valence-corrected chi connectivity index (χ3v) is 11.1. The molecule has 50 heavy (non-hydrogen) atoms. The van der Waals surface area contributed by atoms with Crippen molar-refractivity contribution in [2.45, 2.75) is 0 Å². The van der Waals surface area contributed by atoms with Gasteiger partial charge in [-0.1, -0.05) is 152 Å². The Hall–Kier alpha value is -6.22. The van der Waals surface area contributed by atoms with Crippen molar-refractivity contribution in [1.82, 2.24) is 4.57 Å². The van der Waals surface area contributed by atoms with Gasteiger partial charge in [0.05, 0.1) is 11.0 Å². The highest BCUT2D eigenvalue weighted by Gasteiger charge is 2.16. The second-order valence-electron chi connectivity index (χ2n) is 13.0. The van der Waals surface area contributed by atoms with Crippen molar-refractivity contribution in [1.29, 1.82) is 0 Å². The molecule has 0 spiro atoms. The van der Waals surface area contributed by atoms with Crippen molar-refractivity contribution < 1.29 is 0 Å². The first kappa shape index (κ1) is 28.8. The van der Waals surface area contributed by atoms with E-state index in [-0.39, 0.29) is 0 Å². The van der Waals surface area contributed by atoms with E-state index >= 15 is 0 Å². The van der Waals surface area contributed by atoms with Crippen LogP contribution in [0.1, 0.15) is 0 Å². The molecule has 0 saturated heterocycles. The van der Waals surface area contributed by atoms with Gasteiger partial charge in [0.2, 0.25) is 0 Å². The first-order valence-electron chi connectivity index (χ1n) is 17.1. The second kappa shape index (κ2) is 11.7. The number of hydrogen-bond acceptors (Lipinski definition) is 1. The van der Waals surface area contributed by atoms with Crippen LogP contribution in [-0.4, -0.2) is 4.57 Å². The molecule has 1 nitrogen and oxygen atoms in total. The maximum atomic E-state index is 2.45. The van der Waals surface area contributed by atoms with Gasteiger partial charge in [0.25, 0.3) is 0 Å². The third-order valence-electron chi connectivity index (χ3n) is 10.0. The van der Waals surface area contributed by atoms with Gasteiger partial charge in [-0.3, -0.25) is 0 Å². The molecule has 0 aliphatic carbocycles. The van der Waals surface area contributed by atoms with E-state index in [2.05, 4.69) is 193 Å². The molecule has 234 valence electrons. The Balaban J connectivity index is 1.09. The SMILES string of the molecule is c1ccc(-c2ccc3c4ccc(-c5ccccc5)cc4n(-c4cccc(-c5ccc(-c6ccc7c(c6)sc6ccccc67)cc5)c4)c3c2)cc1. The van der Waals surface area contributed by atoms with Crippen LogP contribution in [0.15, 0.2) is 188 Å². The lowest BCUT2D eigenvalue weighted by Gasteiger charge is -2.12. The average Bonchev–Trinajstić information content (AvgIpc) is 3.73. The Morgan fingerprint density at radius 2 is 0.720 bits per heavy atom. The number of aromatic nitrogens is 1. The van der Waals surface area contributed by atoms with Crippen LogP contribution in [0.5, 0.6) is 0 Å². The monoisotopic (exact) mass is 653 g/mol. The zero-order valence-corrected chi connectivity index (χ0v) is 28.1. The molecular weight excluding hydrogens is 623 g/mol. The van der Waals surface area contributed by atoms with Gasteiger partial charge in [-0.15, -0.1) is 11.3 Å². The zero-order chi connectivity index (χ0) is 33.0. The lowest BCUT2D eigenvalue weighted by atomic mass is 9.99. The summed E-state index contributed by atoms with van der Waals surface area (Å²) in [5.74, 6) is 0. The molecule has 0 bridgehead atoms. The molecule has 0 aliphatic rings. The lowest BCUT2D eigenvalue weighted by Crippen LogP contribution is -1.95. The Morgan fingerprint density at radius 3 is 1.34 bits per heavy atom. The molecular formula is C48H31NS. The standard InChI is InChI=1S/C48H31NS/c1-3-10-32(11-4-1)37-22-25-41-42-26-23-38(33-12-5-2-6-13-33)30-46(42)49(45(41)29-37)40-15-9-14-36(28-40)34-18-20-35(21-19-34)39-24-27-44-43-16-7-8-17-47(43)50-48(44)31-39/h1-31H. The van der Waals surface area contributed by atoms with Gasteiger partial charge < -0.3 is 4.57 Å². The highest BCUT2D eigenvalue weighted by atomic mass is 32.1. The summed E-state index contributed by atoms with van der Waals surface area (Å²) in [6, 6.07) is 68.7. The zero-order valence-electron chi connectivity index (χ0n) is 27.3. The molecule has 0 saturated carbocycles. The van der Waals surface area contributed by atoms with E-state index in [4.69, 9.17) is 0 Å². The van der Waals surface area contributed by atoms with E-state index in [0.29, 0.717) is 0 Å². The number of benzene rings is 8. The second-order valence-corrected chi connectivity index (χ2v) is 14.1. The fourth-order valence-electron chi connectivity index (χ4n) is 7.50.